The van der Waals surface area contributed by atoms with E-state index in [-0.39, 0.29) is 29.7 Å². The van der Waals surface area contributed by atoms with Crippen LogP contribution < -0.4 is 9.62 Å². The first-order valence-electron chi connectivity index (χ1n) is 12.0. The molecule has 0 radical (unpaired) electrons. The van der Waals surface area contributed by atoms with E-state index >= 15 is 0 Å². The number of carbonyl (C=O) groups is 2. The number of hydrogen-bond acceptors (Lipinski definition) is 4. The van der Waals surface area contributed by atoms with Gasteiger partial charge in [-0.3, -0.25) is 13.9 Å². The Bertz CT molecular complexity index is 1200. The molecule has 1 aliphatic carbocycles. The molecule has 36 heavy (non-hydrogen) atoms. The minimum absolute atomic E-state index is 0.0290. The molecule has 2 amide bonds. The Labute approximate surface area is 217 Å². The second-order valence-electron chi connectivity index (χ2n) is 9.34. The van der Waals surface area contributed by atoms with E-state index in [2.05, 4.69) is 5.32 Å². The fraction of sp³-hybridized carbons (Fsp3) is 0.462. The maximum atomic E-state index is 14.5. The molecule has 1 fully saturated rings. The monoisotopic (exact) mass is 537 g/mol. The number of benzene rings is 2. The Kier molecular flexibility index (Phi) is 9.35. The molecule has 2 aromatic carbocycles. The molecule has 3 rings (SSSR count). The van der Waals surface area contributed by atoms with Gasteiger partial charge < -0.3 is 10.2 Å². The fourth-order valence-electron chi connectivity index (χ4n) is 4.31. The van der Waals surface area contributed by atoms with Crippen LogP contribution in [0.3, 0.4) is 0 Å². The summed E-state index contributed by atoms with van der Waals surface area (Å²) in [6.45, 7) is 2.61. The van der Waals surface area contributed by atoms with E-state index in [4.69, 9.17) is 11.6 Å². The van der Waals surface area contributed by atoms with Crippen molar-refractivity contribution in [2.75, 3.05) is 17.1 Å². The van der Waals surface area contributed by atoms with Crippen molar-refractivity contribution < 1.29 is 22.4 Å². The van der Waals surface area contributed by atoms with Gasteiger partial charge in [0.1, 0.15) is 18.4 Å². The lowest BCUT2D eigenvalue weighted by molar-refractivity contribution is -0.139. The summed E-state index contributed by atoms with van der Waals surface area (Å²) in [4.78, 5) is 27.9. The van der Waals surface area contributed by atoms with E-state index in [0.717, 1.165) is 48.2 Å². The van der Waals surface area contributed by atoms with Crippen molar-refractivity contribution in [2.24, 2.45) is 0 Å². The van der Waals surface area contributed by atoms with E-state index in [1.165, 1.54) is 29.2 Å². The molecule has 0 bridgehead atoms. The number of hydrogen-bond donors (Lipinski definition) is 1. The van der Waals surface area contributed by atoms with Crippen LogP contribution in [0.1, 0.15) is 50.2 Å². The molecule has 1 aliphatic rings. The summed E-state index contributed by atoms with van der Waals surface area (Å²) in [6.07, 6.45) is 5.92. The molecule has 0 aliphatic heterocycles. The van der Waals surface area contributed by atoms with Crippen LogP contribution in [-0.4, -0.2) is 50.0 Å². The highest BCUT2D eigenvalue weighted by molar-refractivity contribution is 7.92. The van der Waals surface area contributed by atoms with Crippen LogP contribution in [0.4, 0.5) is 10.1 Å². The van der Waals surface area contributed by atoms with Crippen LogP contribution in [0, 0.1) is 12.7 Å². The Balaban J connectivity index is 1.89. The third-order valence-corrected chi connectivity index (χ3v) is 8.09. The number of aryl methyl sites for hydroxylation is 1. The smallest absolute Gasteiger partial charge is 0.244 e. The van der Waals surface area contributed by atoms with Gasteiger partial charge in [0, 0.05) is 23.2 Å². The number of rotatable bonds is 9. The van der Waals surface area contributed by atoms with Crippen molar-refractivity contribution in [1.29, 1.82) is 0 Å². The first kappa shape index (κ1) is 27.9. The van der Waals surface area contributed by atoms with Crippen molar-refractivity contribution in [1.82, 2.24) is 10.2 Å². The van der Waals surface area contributed by atoms with Crippen molar-refractivity contribution in [3.8, 4) is 0 Å². The van der Waals surface area contributed by atoms with Crippen LogP contribution in [0.15, 0.2) is 42.5 Å². The van der Waals surface area contributed by atoms with Crippen molar-refractivity contribution in [3.63, 3.8) is 0 Å². The SMILES string of the molecule is Cc1ccc(N(CC(=O)N(Cc2ccccc2F)[C@H](C)C(=O)NC2CCCCC2)S(C)(=O)=O)cc1Cl. The van der Waals surface area contributed by atoms with E-state index in [1.807, 2.05) is 0 Å². The molecule has 10 heteroatoms. The zero-order valence-electron chi connectivity index (χ0n) is 20.8. The summed E-state index contributed by atoms with van der Waals surface area (Å²) < 4.78 is 40.7. The van der Waals surface area contributed by atoms with Crippen molar-refractivity contribution in [3.05, 3.63) is 64.4 Å². The van der Waals surface area contributed by atoms with Crippen LogP contribution in [0.2, 0.25) is 5.02 Å². The number of halogens is 2. The third-order valence-electron chi connectivity index (χ3n) is 6.54. The molecule has 0 heterocycles. The first-order chi connectivity index (χ1) is 17.0. The lowest BCUT2D eigenvalue weighted by Crippen LogP contribution is -2.53. The van der Waals surface area contributed by atoms with Crippen LogP contribution in [0.25, 0.3) is 0 Å². The van der Waals surface area contributed by atoms with Crippen LogP contribution in [0.5, 0.6) is 0 Å². The predicted molar refractivity (Wildman–Crippen MR) is 140 cm³/mol. The van der Waals surface area contributed by atoms with E-state index in [9.17, 15) is 22.4 Å². The summed E-state index contributed by atoms with van der Waals surface area (Å²) in [6, 6.07) is 9.79. The second-order valence-corrected chi connectivity index (χ2v) is 11.6. The zero-order valence-corrected chi connectivity index (χ0v) is 22.4. The van der Waals surface area contributed by atoms with Gasteiger partial charge in [-0.25, -0.2) is 12.8 Å². The zero-order chi connectivity index (χ0) is 26.5. The lowest BCUT2D eigenvalue weighted by atomic mass is 9.95. The second kappa shape index (κ2) is 12.1. The number of anilines is 1. The van der Waals surface area contributed by atoms with Gasteiger partial charge in [0.25, 0.3) is 0 Å². The standard InChI is InChI=1S/C26H33ClFN3O4S/c1-18-13-14-22(15-23(18)27)31(36(3,34)35)17-25(32)30(16-20-9-7-8-12-24(20)28)19(2)26(33)29-21-10-5-4-6-11-21/h7-9,12-15,19,21H,4-6,10-11,16-17H2,1-3H3,(H,29,33)/t19-/m1/s1. The van der Waals surface area contributed by atoms with E-state index < -0.39 is 34.3 Å². The summed E-state index contributed by atoms with van der Waals surface area (Å²) in [5.74, 6) is -1.50. The Morgan fingerprint density at radius 1 is 1.14 bits per heavy atom. The van der Waals surface area contributed by atoms with Crippen LogP contribution >= 0.6 is 11.6 Å². The quantitative estimate of drug-likeness (QED) is 0.513. The number of carbonyl (C=O) groups excluding carboxylic acids is 2. The highest BCUT2D eigenvalue weighted by Gasteiger charge is 2.31. The molecular weight excluding hydrogens is 505 g/mol. The van der Waals surface area contributed by atoms with Gasteiger partial charge in [0.2, 0.25) is 21.8 Å². The molecule has 1 N–H and O–H groups in total. The van der Waals surface area contributed by atoms with E-state index in [0.29, 0.717) is 5.02 Å². The summed E-state index contributed by atoms with van der Waals surface area (Å²) in [5.41, 5.74) is 1.22. The van der Waals surface area contributed by atoms with Gasteiger partial charge in [0.05, 0.1) is 11.9 Å². The summed E-state index contributed by atoms with van der Waals surface area (Å²) >= 11 is 6.20. The molecule has 7 nitrogen and oxygen atoms in total. The number of amides is 2. The average Bonchev–Trinajstić information content (AvgIpc) is 2.83. The highest BCUT2D eigenvalue weighted by Crippen LogP contribution is 2.25. The Hall–Kier alpha value is -2.65. The maximum absolute atomic E-state index is 14.5. The molecule has 0 saturated heterocycles. The van der Waals surface area contributed by atoms with Crippen molar-refractivity contribution in [2.45, 2.75) is 64.6 Å². The Morgan fingerprint density at radius 2 is 1.81 bits per heavy atom. The highest BCUT2D eigenvalue weighted by atomic mass is 35.5. The summed E-state index contributed by atoms with van der Waals surface area (Å²) in [7, 11) is -3.87. The van der Waals surface area contributed by atoms with Crippen molar-refractivity contribution >= 4 is 39.1 Å². The molecule has 2 aromatic rings. The van der Waals surface area contributed by atoms with Gasteiger partial charge in [-0.1, -0.05) is 55.1 Å². The molecule has 1 atom stereocenters. The minimum atomic E-state index is -3.87. The van der Waals surface area contributed by atoms with Gasteiger partial charge in [-0.2, -0.15) is 0 Å². The molecule has 196 valence electrons. The lowest BCUT2D eigenvalue weighted by Gasteiger charge is -2.33. The third kappa shape index (κ3) is 7.20. The normalized spacial score (nSPS) is 15.2. The molecule has 0 spiro atoms. The minimum Gasteiger partial charge on any atom is -0.352 e. The molecule has 1 saturated carbocycles. The molecular formula is C26H33ClFN3O4S. The van der Waals surface area contributed by atoms with Gasteiger partial charge >= 0.3 is 0 Å². The maximum Gasteiger partial charge on any atom is 0.244 e. The number of nitrogens with one attached hydrogen (secondary N) is 1. The summed E-state index contributed by atoms with van der Waals surface area (Å²) in [5, 5.41) is 3.37. The fourth-order valence-corrected chi connectivity index (χ4v) is 5.33. The molecule has 0 unspecified atom stereocenters. The Morgan fingerprint density at radius 3 is 2.42 bits per heavy atom. The van der Waals surface area contributed by atoms with Gasteiger partial charge in [-0.15, -0.1) is 0 Å². The number of sulfonamides is 1. The van der Waals surface area contributed by atoms with Crippen LogP contribution in [-0.2, 0) is 26.2 Å². The van der Waals surface area contributed by atoms with E-state index in [1.54, 1.807) is 32.0 Å². The largest absolute Gasteiger partial charge is 0.352 e. The topological polar surface area (TPSA) is 86.8 Å². The average molecular weight is 538 g/mol. The van der Waals surface area contributed by atoms with Gasteiger partial charge in [-0.05, 0) is 50.5 Å². The number of nitrogens with zero attached hydrogens (tertiary/aromatic N) is 2. The van der Waals surface area contributed by atoms with Gasteiger partial charge in [0.15, 0.2) is 0 Å². The first-order valence-corrected chi connectivity index (χ1v) is 14.3. The predicted octanol–water partition coefficient (Wildman–Crippen LogP) is 4.42. The molecule has 0 aromatic heterocycles.